The van der Waals surface area contributed by atoms with Gasteiger partial charge in [0.05, 0.1) is 12.2 Å². The van der Waals surface area contributed by atoms with E-state index >= 15 is 0 Å². The lowest BCUT2D eigenvalue weighted by Gasteiger charge is -2.14. The van der Waals surface area contributed by atoms with E-state index in [4.69, 9.17) is 4.74 Å². The first-order valence-corrected chi connectivity index (χ1v) is 8.39. The van der Waals surface area contributed by atoms with Gasteiger partial charge in [-0.05, 0) is 36.8 Å². The maximum absolute atomic E-state index is 13.6. The van der Waals surface area contributed by atoms with Crippen molar-refractivity contribution >= 4 is 12.0 Å². The van der Waals surface area contributed by atoms with E-state index in [1.165, 1.54) is 24.4 Å². The molecule has 0 radical (unpaired) electrons. The monoisotopic (exact) mass is 363 g/mol. The van der Waals surface area contributed by atoms with Gasteiger partial charge in [0.25, 0.3) is 0 Å². The minimum absolute atomic E-state index is 0.256. The Kier molecular flexibility index (Phi) is 5.89. The Bertz CT molecular complexity index is 945. The van der Waals surface area contributed by atoms with Gasteiger partial charge in [0.1, 0.15) is 11.6 Å². The van der Waals surface area contributed by atoms with E-state index in [1.807, 2.05) is 25.1 Å². The highest BCUT2D eigenvalue weighted by Crippen LogP contribution is 2.23. The molecule has 2 aromatic carbocycles. The van der Waals surface area contributed by atoms with Crippen molar-refractivity contribution in [2.75, 3.05) is 0 Å². The predicted molar refractivity (Wildman–Crippen MR) is 101 cm³/mol. The van der Waals surface area contributed by atoms with Crippen LogP contribution in [0.25, 0.3) is 6.08 Å². The standard InChI is InChI=1S/C21H18FN3O2/c1-15(25-20(26)10-9-16-5-2-3-8-19(16)22)17-6-4-7-18(13-17)27-21-14-23-11-12-24-21/h2-15H,1H3,(H,25,26)/t15-/m0/s1. The van der Waals surface area contributed by atoms with Gasteiger partial charge in [0.2, 0.25) is 11.8 Å². The van der Waals surface area contributed by atoms with Crippen LogP contribution in [-0.4, -0.2) is 15.9 Å². The Morgan fingerprint density at radius 3 is 2.81 bits per heavy atom. The van der Waals surface area contributed by atoms with E-state index in [-0.39, 0.29) is 17.8 Å². The fourth-order valence-corrected chi connectivity index (χ4v) is 2.43. The van der Waals surface area contributed by atoms with Crippen LogP contribution in [0.2, 0.25) is 0 Å². The molecule has 27 heavy (non-hydrogen) atoms. The highest BCUT2D eigenvalue weighted by molar-refractivity contribution is 5.92. The number of aromatic nitrogens is 2. The maximum atomic E-state index is 13.6. The average molecular weight is 363 g/mol. The summed E-state index contributed by atoms with van der Waals surface area (Å²) in [5.41, 5.74) is 1.23. The molecule has 0 unspecified atom stereocenters. The van der Waals surface area contributed by atoms with Crippen LogP contribution >= 0.6 is 0 Å². The Hall–Kier alpha value is -3.54. The highest BCUT2D eigenvalue weighted by Gasteiger charge is 2.09. The summed E-state index contributed by atoms with van der Waals surface area (Å²) in [6, 6.07) is 13.3. The zero-order chi connectivity index (χ0) is 19.1. The smallest absolute Gasteiger partial charge is 0.244 e. The summed E-state index contributed by atoms with van der Waals surface area (Å²) in [6.07, 6.45) is 7.39. The first kappa shape index (κ1) is 18.3. The van der Waals surface area contributed by atoms with Crippen molar-refractivity contribution in [3.63, 3.8) is 0 Å². The molecule has 0 aliphatic rings. The maximum Gasteiger partial charge on any atom is 0.244 e. The van der Waals surface area contributed by atoms with E-state index in [0.29, 0.717) is 17.2 Å². The normalized spacial score (nSPS) is 11.9. The lowest BCUT2D eigenvalue weighted by atomic mass is 10.1. The molecule has 1 heterocycles. The fraction of sp³-hybridized carbons (Fsp3) is 0.0952. The number of amides is 1. The number of halogens is 1. The van der Waals surface area contributed by atoms with Crippen LogP contribution in [-0.2, 0) is 4.79 Å². The van der Waals surface area contributed by atoms with Gasteiger partial charge in [-0.3, -0.25) is 9.78 Å². The second kappa shape index (κ2) is 8.71. The molecule has 6 heteroatoms. The minimum atomic E-state index is -0.372. The zero-order valence-electron chi connectivity index (χ0n) is 14.7. The Labute approximate surface area is 156 Å². The molecule has 0 spiro atoms. The first-order chi connectivity index (χ1) is 13.1. The third-order valence-electron chi connectivity index (χ3n) is 3.80. The second-order valence-electron chi connectivity index (χ2n) is 5.80. The van der Waals surface area contributed by atoms with Crippen LogP contribution in [0.5, 0.6) is 11.6 Å². The predicted octanol–water partition coefficient (Wildman–Crippen LogP) is 4.30. The highest BCUT2D eigenvalue weighted by atomic mass is 19.1. The summed E-state index contributed by atoms with van der Waals surface area (Å²) in [5.74, 6) is 0.296. The van der Waals surface area contributed by atoms with E-state index in [0.717, 1.165) is 5.56 Å². The molecule has 1 amide bonds. The Balaban J connectivity index is 1.63. The van der Waals surface area contributed by atoms with Crippen LogP contribution in [0.4, 0.5) is 4.39 Å². The molecule has 0 fully saturated rings. The van der Waals surface area contributed by atoms with Crippen molar-refractivity contribution in [2.45, 2.75) is 13.0 Å². The topological polar surface area (TPSA) is 64.1 Å². The van der Waals surface area contributed by atoms with Gasteiger partial charge >= 0.3 is 0 Å². The Morgan fingerprint density at radius 2 is 2.04 bits per heavy atom. The second-order valence-corrected chi connectivity index (χ2v) is 5.80. The summed E-state index contributed by atoms with van der Waals surface area (Å²) >= 11 is 0. The lowest BCUT2D eigenvalue weighted by molar-refractivity contribution is -0.117. The number of hydrogen-bond donors (Lipinski definition) is 1. The summed E-state index contributed by atoms with van der Waals surface area (Å²) in [5, 5.41) is 2.85. The largest absolute Gasteiger partial charge is 0.437 e. The molecule has 0 bridgehead atoms. The van der Waals surface area contributed by atoms with Crippen molar-refractivity contribution in [3.8, 4) is 11.6 Å². The van der Waals surface area contributed by atoms with Crippen LogP contribution in [0.1, 0.15) is 24.1 Å². The van der Waals surface area contributed by atoms with Gasteiger partial charge in [0, 0.05) is 24.0 Å². The molecular formula is C21H18FN3O2. The van der Waals surface area contributed by atoms with Gasteiger partial charge in [-0.1, -0.05) is 30.3 Å². The van der Waals surface area contributed by atoms with Crippen molar-refractivity contribution in [1.82, 2.24) is 15.3 Å². The van der Waals surface area contributed by atoms with Crippen molar-refractivity contribution < 1.29 is 13.9 Å². The molecule has 5 nitrogen and oxygen atoms in total. The third-order valence-corrected chi connectivity index (χ3v) is 3.80. The Morgan fingerprint density at radius 1 is 1.19 bits per heavy atom. The summed E-state index contributed by atoms with van der Waals surface area (Å²) in [4.78, 5) is 20.1. The lowest BCUT2D eigenvalue weighted by Crippen LogP contribution is -2.24. The number of benzene rings is 2. The molecular weight excluding hydrogens is 345 g/mol. The number of carbonyl (C=O) groups excluding carboxylic acids is 1. The zero-order valence-corrected chi connectivity index (χ0v) is 14.7. The third kappa shape index (κ3) is 5.22. The number of nitrogens with zero attached hydrogens (tertiary/aromatic N) is 2. The van der Waals surface area contributed by atoms with Crippen LogP contribution in [0.15, 0.2) is 73.2 Å². The van der Waals surface area contributed by atoms with Crippen molar-refractivity contribution in [2.24, 2.45) is 0 Å². The van der Waals surface area contributed by atoms with Gasteiger partial charge in [-0.15, -0.1) is 0 Å². The molecule has 3 rings (SSSR count). The van der Waals surface area contributed by atoms with Crippen LogP contribution in [0.3, 0.4) is 0 Å². The molecule has 3 aromatic rings. The summed E-state index contributed by atoms with van der Waals surface area (Å²) in [7, 11) is 0. The van der Waals surface area contributed by atoms with Gasteiger partial charge in [0.15, 0.2) is 0 Å². The molecule has 0 aliphatic heterocycles. The average Bonchev–Trinajstić information content (AvgIpc) is 2.68. The molecule has 1 N–H and O–H groups in total. The van der Waals surface area contributed by atoms with E-state index in [9.17, 15) is 9.18 Å². The van der Waals surface area contributed by atoms with E-state index < -0.39 is 0 Å². The molecule has 1 aromatic heterocycles. The molecule has 1 atom stereocenters. The van der Waals surface area contributed by atoms with Gasteiger partial charge < -0.3 is 10.1 Å². The summed E-state index contributed by atoms with van der Waals surface area (Å²) in [6.45, 7) is 1.86. The van der Waals surface area contributed by atoms with Crippen molar-refractivity contribution in [3.05, 3.63) is 90.1 Å². The quantitative estimate of drug-likeness (QED) is 0.663. The van der Waals surface area contributed by atoms with Crippen molar-refractivity contribution in [1.29, 1.82) is 0 Å². The number of carbonyl (C=O) groups is 1. The van der Waals surface area contributed by atoms with Gasteiger partial charge in [-0.2, -0.15) is 0 Å². The van der Waals surface area contributed by atoms with Gasteiger partial charge in [-0.25, -0.2) is 9.37 Å². The van der Waals surface area contributed by atoms with E-state index in [1.54, 1.807) is 36.7 Å². The molecule has 136 valence electrons. The number of rotatable bonds is 6. The fourth-order valence-electron chi connectivity index (χ4n) is 2.43. The SMILES string of the molecule is C[C@H](NC(=O)C=Cc1ccccc1F)c1cccc(Oc2cnccn2)c1. The number of nitrogens with one attached hydrogen (secondary N) is 1. The molecule has 0 aliphatic carbocycles. The van der Waals surface area contributed by atoms with Crippen LogP contribution < -0.4 is 10.1 Å². The number of ether oxygens (including phenoxy) is 1. The van der Waals surface area contributed by atoms with Crippen LogP contribution in [0, 0.1) is 5.82 Å². The summed E-state index contributed by atoms with van der Waals surface area (Å²) < 4.78 is 19.2. The molecule has 0 saturated heterocycles. The minimum Gasteiger partial charge on any atom is -0.437 e. The van der Waals surface area contributed by atoms with E-state index in [2.05, 4.69) is 15.3 Å². The first-order valence-electron chi connectivity index (χ1n) is 8.39. The number of hydrogen-bond acceptors (Lipinski definition) is 4. The molecule has 0 saturated carbocycles.